The summed E-state index contributed by atoms with van der Waals surface area (Å²) < 4.78 is 38.7. The highest BCUT2D eigenvalue weighted by atomic mass is 35.5. The summed E-state index contributed by atoms with van der Waals surface area (Å²) in [6, 6.07) is 12.2. The van der Waals surface area contributed by atoms with Gasteiger partial charge in [0.05, 0.1) is 22.4 Å². The van der Waals surface area contributed by atoms with Crippen molar-refractivity contribution in [3.8, 4) is 0 Å². The molecule has 4 nitrogen and oxygen atoms in total. The van der Waals surface area contributed by atoms with E-state index < -0.39 is 34.5 Å². The molecule has 0 aliphatic heterocycles. The Labute approximate surface area is 158 Å². The molecule has 1 aliphatic carbocycles. The smallest absolute Gasteiger partial charge is 0.326 e. The number of carbonyl (C=O) groups excluding carboxylic acids is 2. The molecule has 1 fully saturated rings. The molecule has 2 unspecified atom stereocenters. The summed E-state index contributed by atoms with van der Waals surface area (Å²) >= 11 is 5.57. The average Bonchev–Trinajstić information content (AvgIpc) is 3.43. The summed E-state index contributed by atoms with van der Waals surface area (Å²) in [7, 11) is 1.62. The van der Waals surface area contributed by atoms with Gasteiger partial charge >= 0.3 is 6.18 Å². The minimum absolute atomic E-state index is 0.00811. The Hall–Kier alpha value is -2.54. The van der Waals surface area contributed by atoms with Crippen LogP contribution < -0.4 is 10.2 Å². The minimum atomic E-state index is -4.62. The van der Waals surface area contributed by atoms with Crippen LogP contribution in [-0.4, -0.2) is 18.9 Å². The van der Waals surface area contributed by atoms with Gasteiger partial charge in [0.25, 0.3) is 0 Å². The zero-order valence-electron chi connectivity index (χ0n) is 14.3. The highest BCUT2D eigenvalue weighted by Crippen LogP contribution is 2.42. The van der Waals surface area contributed by atoms with Gasteiger partial charge in [0.1, 0.15) is 0 Å². The lowest BCUT2D eigenvalue weighted by atomic mass is 10.2. The SMILES string of the molecule is CN(C(=O)C1CC1C(=O)Nc1ccc(Cl)c(C(F)(F)F)c1)c1ccccc1. The molecule has 0 bridgehead atoms. The normalized spacial score (nSPS) is 18.7. The van der Waals surface area contributed by atoms with E-state index in [2.05, 4.69) is 5.32 Å². The molecule has 0 aromatic heterocycles. The summed E-state index contributed by atoms with van der Waals surface area (Å²) in [4.78, 5) is 26.3. The van der Waals surface area contributed by atoms with Crippen LogP contribution in [-0.2, 0) is 15.8 Å². The van der Waals surface area contributed by atoms with Gasteiger partial charge in [0, 0.05) is 18.4 Å². The fourth-order valence-electron chi connectivity index (χ4n) is 2.84. The predicted octanol–water partition coefficient (Wildman–Crippen LogP) is 4.60. The van der Waals surface area contributed by atoms with E-state index in [0.717, 1.165) is 12.1 Å². The molecule has 2 aromatic carbocycles. The van der Waals surface area contributed by atoms with Crippen molar-refractivity contribution in [2.75, 3.05) is 17.3 Å². The number of carbonyl (C=O) groups is 2. The molecule has 0 spiro atoms. The average molecular weight is 397 g/mol. The molecular formula is C19H16ClF3N2O2. The first kappa shape index (κ1) is 19.2. The Morgan fingerprint density at radius 3 is 2.41 bits per heavy atom. The monoisotopic (exact) mass is 396 g/mol. The third-order valence-corrected chi connectivity index (χ3v) is 4.79. The van der Waals surface area contributed by atoms with Crippen LogP contribution >= 0.6 is 11.6 Å². The number of hydrogen-bond acceptors (Lipinski definition) is 2. The third-order valence-electron chi connectivity index (χ3n) is 4.46. The summed E-state index contributed by atoms with van der Waals surface area (Å²) in [6.07, 6.45) is -4.25. The number of amides is 2. The van der Waals surface area contributed by atoms with Crippen LogP contribution in [0.25, 0.3) is 0 Å². The van der Waals surface area contributed by atoms with Crippen LogP contribution in [0.15, 0.2) is 48.5 Å². The Kier molecular flexibility index (Phi) is 5.15. The fraction of sp³-hybridized carbons (Fsp3) is 0.263. The van der Waals surface area contributed by atoms with E-state index in [4.69, 9.17) is 11.6 Å². The highest BCUT2D eigenvalue weighted by molar-refractivity contribution is 6.31. The van der Waals surface area contributed by atoms with Crippen molar-refractivity contribution >= 4 is 34.8 Å². The molecule has 142 valence electrons. The second-order valence-corrected chi connectivity index (χ2v) is 6.77. The number of anilines is 2. The lowest BCUT2D eigenvalue weighted by Gasteiger charge is -2.17. The lowest BCUT2D eigenvalue weighted by molar-refractivity contribution is -0.137. The molecule has 0 saturated heterocycles. The molecule has 2 atom stereocenters. The molecule has 8 heteroatoms. The number of para-hydroxylation sites is 1. The fourth-order valence-corrected chi connectivity index (χ4v) is 3.07. The quantitative estimate of drug-likeness (QED) is 0.821. The van der Waals surface area contributed by atoms with Crippen molar-refractivity contribution in [2.45, 2.75) is 12.6 Å². The molecule has 1 aliphatic rings. The van der Waals surface area contributed by atoms with E-state index in [0.29, 0.717) is 12.1 Å². The highest BCUT2D eigenvalue weighted by Gasteiger charge is 2.49. The number of hydrogen-bond donors (Lipinski definition) is 1. The molecule has 1 saturated carbocycles. The first-order valence-corrected chi connectivity index (χ1v) is 8.56. The molecule has 2 aromatic rings. The molecule has 2 amide bonds. The Bertz CT molecular complexity index is 871. The second-order valence-electron chi connectivity index (χ2n) is 6.36. The van der Waals surface area contributed by atoms with Crippen LogP contribution in [0.3, 0.4) is 0 Å². The lowest BCUT2D eigenvalue weighted by Crippen LogP contribution is -2.29. The molecule has 1 N–H and O–H groups in total. The van der Waals surface area contributed by atoms with Crippen LogP contribution in [0.4, 0.5) is 24.5 Å². The Balaban J connectivity index is 1.65. The molecule has 0 heterocycles. The predicted molar refractivity (Wildman–Crippen MR) is 96.5 cm³/mol. The minimum Gasteiger partial charge on any atom is -0.326 e. The van der Waals surface area contributed by atoms with Crippen LogP contribution in [0.5, 0.6) is 0 Å². The standard InChI is InChI=1S/C19H16ClF3N2O2/c1-25(12-5-3-2-4-6-12)18(27)14-10-13(14)17(26)24-11-7-8-16(20)15(9-11)19(21,22)23/h2-9,13-14H,10H2,1H3,(H,24,26). The van der Waals surface area contributed by atoms with Gasteiger partial charge in [-0.15, -0.1) is 0 Å². The van der Waals surface area contributed by atoms with Crippen molar-refractivity contribution in [2.24, 2.45) is 11.8 Å². The van der Waals surface area contributed by atoms with E-state index in [-0.39, 0.29) is 11.6 Å². The van der Waals surface area contributed by atoms with E-state index >= 15 is 0 Å². The maximum Gasteiger partial charge on any atom is 0.417 e. The van der Waals surface area contributed by atoms with E-state index in [1.165, 1.54) is 11.0 Å². The van der Waals surface area contributed by atoms with Gasteiger partial charge in [-0.1, -0.05) is 29.8 Å². The number of alkyl halides is 3. The maximum atomic E-state index is 12.9. The van der Waals surface area contributed by atoms with Gasteiger partial charge in [-0.05, 0) is 36.8 Å². The number of halogens is 4. The molecule has 27 heavy (non-hydrogen) atoms. The van der Waals surface area contributed by atoms with Crippen LogP contribution in [0, 0.1) is 11.8 Å². The largest absolute Gasteiger partial charge is 0.417 e. The maximum absolute atomic E-state index is 12.9. The second kappa shape index (κ2) is 7.23. The van der Waals surface area contributed by atoms with Gasteiger partial charge < -0.3 is 10.2 Å². The van der Waals surface area contributed by atoms with Crippen LogP contribution in [0.2, 0.25) is 5.02 Å². The molecular weight excluding hydrogens is 381 g/mol. The van der Waals surface area contributed by atoms with Crippen molar-refractivity contribution in [3.05, 3.63) is 59.1 Å². The summed E-state index contributed by atoms with van der Waals surface area (Å²) in [5, 5.41) is 2.00. The van der Waals surface area contributed by atoms with Crippen molar-refractivity contribution < 1.29 is 22.8 Å². The van der Waals surface area contributed by atoms with Gasteiger partial charge in [0.15, 0.2) is 0 Å². The number of nitrogens with zero attached hydrogens (tertiary/aromatic N) is 1. The van der Waals surface area contributed by atoms with E-state index in [1.54, 1.807) is 31.3 Å². The van der Waals surface area contributed by atoms with Crippen LogP contribution in [0.1, 0.15) is 12.0 Å². The summed E-state index contributed by atoms with van der Waals surface area (Å²) in [5.41, 5.74) is -0.318. The zero-order chi connectivity index (χ0) is 19.8. The topological polar surface area (TPSA) is 49.4 Å². The summed E-state index contributed by atoms with van der Waals surface area (Å²) in [6.45, 7) is 0. The summed E-state index contributed by atoms with van der Waals surface area (Å²) in [5.74, 6) is -1.73. The number of nitrogens with one attached hydrogen (secondary N) is 1. The van der Waals surface area contributed by atoms with Crippen molar-refractivity contribution in [1.29, 1.82) is 0 Å². The van der Waals surface area contributed by atoms with E-state index in [1.807, 2.05) is 6.07 Å². The Morgan fingerprint density at radius 1 is 1.11 bits per heavy atom. The third kappa shape index (κ3) is 4.24. The van der Waals surface area contributed by atoms with Gasteiger partial charge in [-0.3, -0.25) is 9.59 Å². The number of rotatable bonds is 4. The van der Waals surface area contributed by atoms with Crippen molar-refractivity contribution in [1.82, 2.24) is 0 Å². The van der Waals surface area contributed by atoms with Gasteiger partial charge in [-0.2, -0.15) is 13.2 Å². The first-order chi connectivity index (χ1) is 12.7. The zero-order valence-corrected chi connectivity index (χ0v) is 15.0. The molecule has 3 rings (SSSR count). The first-order valence-electron chi connectivity index (χ1n) is 8.18. The number of benzene rings is 2. The van der Waals surface area contributed by atoms with E-state index in [9.17, 15) is 22.8 Å². The Morgan fingerprint density at radius 2 is 1.78 bits per heavy atom. The molecule has 0 radical (unpaired) electrons. The van der Waals surface area contributed by atoms with Crippen molar-refractivity contribution in [3.63, 3.8) is 0 Å². The van der Waals surface area contributed by atoms with Gasteiger partial charge in [-0.25, -0.2) is 0 Å². The van der Waals surface area contributed by atoms with Gasteiger partial charge in [0.2, 0.25) is 11.8 Å².